The molecule has 0 aliphatic carbocycles. The number of para-hydroxylation sites is 1. The van der Waals surface area contributed by atoms with Gasteiger partial charge in [-0.05, 0) is 31.4 Å². The van der Waals surface area contributed by atoms with Crippen molar-refractivity contribution < 1.29 is 19.4 Å². The van der Waals surface area contributed by atoms with Gasteiger partial charge in [0.25, 0.3) is 5.91 Å². The van der Waals surface area contributed by atoms with Crippen LogP contribution in [-0.2, 0) is 9.53 Å². The van der Waals surface area contributed by atoms with Crippen molar-refractivity contribution in [2.75, 3.05) is 50.8 Å². The number of likely N-dealkylation sites (tertiary alicyclic amines) is 1. The highest BCUT2D eigenvalue weighted by molar-refractivity contribution is 6.00. The zero-order valence-corrected chi connectivity index (χ0v) is 15.5. The van der Waals surface area contributed by atoms with Crippen molar-refractivity contribution in [2.45, 2.75) is 25.4 Å². The van der Waals surface area contributed by atoms with Gasteiger partial charge in [-0.25, -0.2) is 0 Å². The zero-order chi connectivity index (χ0) is 18.9. The lowest BCUT2D eigenvalue weighted by Crippen LogP contribution is -2.62. The number of aliphatic hydroxyl groups excluding tert-OH is 1. The summed E-state index contributed by atoms with van der Waals surface area (Å²) in [5.74, 6) is -0.193. The number of nitrogens with one attached hydrogen (secondary N) is 1. The number of morpholine rings is 1. The van der Waals surface area contributed by atoms with Crippen LogP contribution in [0.5, 0.6) is 0 Å². The third-order valence-corrected chi connectivity index (χ3v) is 6.09. The zero-order valence-electron chi connectivity index (χ0n) is 15.5. The molecule has 2 atom stereocenters. The first-order valence-corrected chi connectivity index (χ1v) is 9.79. The van der Waals surface area contributed by atoms with Gasteiger partial charge in [-0.15, -0.1) is 0 Å². The van der Waals surface area contributed by atoms with Crippen molar-refractivity contribution in [3.05, 3.63) is 29.8 Å². The van der Waals surface area contributed by atoms with Gasteiger partial charge in [-0.3, -0.25) is 9.59 Å². The smallest absolute Gasteiger partial charge is 0.255 e. The van der Waals surface area contributed by atoms with Gasteiger partial charge in [-0.1, -0.05) is 12.1 Å². The molecule has 7 nitrogen and oxygen atoms in total. The van der Waals surface area contributed by atoms with Gasteiger partial charge in [0.1, 0.15) is 0 Å². The molecular weight excluding hydrogens is 346 g/mol. The van der Waals surface area contributed by atoms with Crippen molar-refractivity contribution in [3.63, 3.8) is 0 Å². The average Bonchev–Trinajstić information content (AvgIpc) is 2.72. The fraction of sp³-hybridized carbons (Fsp3) is 0.600. The molecule has 1 aromatic carbocycles. The first-order chi connectivity index (χ1) is 13.1. The van der Waals surface area contributed by atoms with Gasteiger partial charge in [0.15, 0.2) is 0 Å². The molecule has 0 saturated carbocycles. The molecule has 4 rings (SSSR count). The number of amides is 2. The predicted octanol–water partition coefficient (Wildman–Crippen LogP) is 0.626. The second-order valence-electron chi connectivity index (χ2n) is 7.66. The number of piperidine rings is 2. The van der Waals surface area contributed by atoms with Gasteiger partial charge < -0.3 is 25.0 Å². The number of benzene rings is 1. The van der Waals surface area contributed by atoms with Crippen LogP contribution in [0, 0.1) is 5.41 Å². The van der Waals surface area contributed by atoms with Crippen LogP contribution in [0.2, 0.25) is 0 Å². The van der Waals surface area contributed by atoms with E-state index in [0.717, 1.165) is 25.2 Å². The Balaban J connectivity index is 1.59. The molecule has 3 saturated heterocycles. The molecule has 7 heteroatoms. The van der Waals surface area contributed by atoms with E-state index in [4.69, 9.17) is 4.74 Å². The van der Waals surface area contributed by atoms with Crippen LogP contribution in [0.3, 0.4) is 0 Å². The first kappa shape index (κ1) is 18.3. The number of aliphatic hydroxyl groups is 1. The normalized spacial score (nSPS) is 28.9. The molecule has 2 N–H and O–H groups in total. The van der Waals surface area contributed by atoms with E-state index >= 15 is 0 Å². The molecule has 1 aromatic rings. The van der Waals surface area contributed by atoms with Crippen LogP contribution < -0.4 is 10.2 Å². The van der Waals surface area contributed by atoms with Gasteiger partial charge in [0.2, 0.25) is 5.91 Å². The number of ether oxygens (including phenoxy) is 1. The monoisotopic (exact) mass is 373 g/mol. The first-order valence-electron chi connectivity index (χ1n) is 9.79. The number of rotatable bonds is 2. The lowest BCUT2D eigenvalue weighted by Gasteiger charge is -2.47. The number of carbonyl (C=O) groups excluding carboxylic acids is 2. The van der Waals surface area contributed by atoms with Crippen molar-refractivity contribution in [1.29, 1.82) is 0 Å². The van der Waals surface area contributed by atoms with Crippen molar-refractivity contribution in [3.8, 4) is 0 Å². The average molecular weight is 373 g/mol. The lowest BCUT2D eigenvalue weighted by molar-refractivity contribution is -0.147. The van der Waals surface area contributed by atoms with E-state index in [1.165, 1.54) is 0 Å². The molecule has 0 aromatic heterocycles. The van der Waals surface area contributed by atoms with Crippen LogP contribution in [0.25, 0.3) is 0 Å². The number of nitrogens with zero attached hydrogens (tertiary/aromatic N) is 2. The fourth-order valence-corrected chi connectivity index (χ4v) is 4.52. The Kier molecular flexibility index (Phi) is 5.06. The SMILES string of the molecule is O=C(c1ccccc1N1CCOCC1)N1CC[C@@H](O)[C@@]2(CCCNC2=O)C1. The largest absolute Gasteiger partial charge is 0.392 e. The number of anilines is 1. The van der Waals surface area contributed by atoms with Crippen molar-refractivity contribution >= 4 is 17.5 Å². The Labute approximate surface area is 159 Å². The van der Waals surface area contributed by atoms with Crippen LogP contribution in [0.1, 0.15) is 29.6 Å². The third-order valence-electron chi connectivity index (χ3n) is 6.09. The minimum Gasteiger partial charge on any atom is -0.392 e. The molecule has 3 aliphatic rings. The molecule has 0 bridgehead atoms. The molecule has 0 unspecified atom stereocenters. The summed E-state index contributed by atoms with van der Waals surface area (Å²) in [7, 11) is 0. The van der Waals surface area contributed by atoms with Crippen LogP contribution in [0.15, 0.2) is 24.3 Å². The highest BCUT2D eigenvalue weighted by Gasteiger charge is 2.50. The van der Waals surface area contributed by atoms with E-state index in [0.29, 0.717) is 44.7 Å². The highest BCUT2D eigenvalue weighted by atomic mass is 16.5. The molecule has 0 radical (unpaired) electrons. The Morgan fingerprint density at radius 3 is 2.78 bits per heavy atom. The van der Waals surface area contributed by atoms with E-state index in [9.17, 15) is 14.7 Å². The summed E-state index contributed by atoms with van der Waals surface area (Å²) in [6.45, 7) is 4.21. The highest BCUT2D eigenvalue weighted by Crippen LogP contribution is 2.38. The van der Waals surface area contributed by atoms with Crippen molar-refractivity contribution in [1.82, 2.24) is 10.2 Å². The lowest BCUT2D eigenvalue weighted by atomic mass is 9.71. The summed E-state index contributed by atoms with van der Waals surface area (Å²) < 4.78 is 5.43. The molecule has 3 aliphatic heterocycles. The van der Waals surface area contributed by atoms with E-state index < -0.39 is 11.5 Å². The van der Waals surface area contributed by atoms with Crippen molar-refractivity contribution in [2.24, 2.45) is 5.41 Å². The third kappa shape index (κ3) is 3.30. The van der Waals surface area contributed by atoms with Crippen LogP contribution in [0.4, 0.5) is 5.69 Å². The Morgan fingerprint density at radius 2 is 2.00 bits per heavy atom. The minimum atomic E-state index is -0.875. The molecule has 1 spiro atoms. The summed E-state index contributed by atoms with van der Waals surface area (Å²) >= 11 is 0. The standard InChI is InChI=1S/C20H27N3O4/c24-17-6-9-23(14-20(17)7-3-8-21-19(20)26)18(25)15-4-1-2-5-16(15)22-10-12-27-13-11-22/h1-2,4-5,17,24H,3,6-14H2,(H,21,26)/t17-,20-/m1/s1. The van der Waals surface area contributed by atoms with Crippen LogP contribution >= 0.6 is 0 Å². The Hall–Kier alpha value is -2.12. The molecule has 27 heavy (non-hydrogen) atoms. The summed E-state index contributed by atoms with van der Waals surface area (Å²) in [4.78, 5) is 29.9. The van der Waals surface area contributed by atoms with E-state index in [2.05, 4.69) is 10.2 Å². The molecule has 3 heterocycles. The maximum atomic E-state index is 13.4. The summed E-state index contributed by atoms with van der Waals surface area (Å²) in [5.41, 5.74) is 0.696. The maximum absolute atomic E-state index is 13.4. The number of hydrogen-bond acceptors (Lipinski definition) is 5. The molecule has 146 valence electrons. The Morgan fingerprint density at radius 1 is 1.22 bits per heavy atom. The van der Waals surface area contributed by atoms with E-state index in [-0.39, 0.29) is 18.4 Å². The minimum absolute atomic E-state index is 0.0678. The summed E-state index contributed by atoms with van der Waals surface area (Å²) in [6.07, 6.45) is 1.18. The fourth-order valence-electron chi connectivity index (χ4n) is 4.52. The molecule has 3 fully saturated rings. The number of hydrogen-bond donors (Lipinski definition) is 2. The van der Waals surface area contributed by atoms with Gasteiger partial charge in [0, 0.05) is 38.4 Å². The van der Waals surface area contributed by atoms with Gasteiger partial charge in [0.05, 0.1) is 30.3 Å². The quantitative estimate of drug-likeness (QED) is 0.795. The Bertz CT molecular complexity index is 719. The second kappa shape index (κ2) is 7.48. The van der Waals surface area contributed by atoms with E-state index in [1.807, 2.05) is 24.3 Å². The molecule has 2 amide bonds. The van der Waals surface area contributed by atoms with Gasteiger partial charge in [-0.2, -0.15) is 0 Å². The molecular formula is C20H27N3O4. The number of carbonyl (C=O) groups is 2. The summed E-state index contributed by atoms with van der Waals surface area (Å²) in [6, 6.07) is 7.64. The predicted molar refractivity (Wildman–Crippen MR) is 101 cm³/mol. The van der Waals surface area contributed by atoms with Gasteiger partial charge >= 0.3 is 0 Å². The second-order valence-corrected chi connectivity index (χ2v) is 7.66. The topological polar surface area (TPSA) is 82.1 Å². The summed E-state index contributed by atoms with van der Waals surface area (Å²) in [5, 5.41) is 13.4. The van der Waals surface area contributed by atoms with E-state index in [1.54, 1.807) is 4.90 Å². The maximum Gasteiger partial charge on any atom is 0.255 e. The van der Waals surface area contributed by atoms with Crippen LogP contribution in [-0.4, -0.2) is 73.9 Å².